The Kier molecular flexibility index (Phi) is 4.25. The molecule has 18 heavy (non-hydrogen) atoms. The summed E-state index contributed by atoms with van der Waals surface area (Å²) in [6.07, 6.45) is 3.64. The van der Waals surface area contributed by atoms with Crippen LogP contribution < -0.4 is 10.1 Å². The van der Waals surface area contributed by atoms with Crippen LogP contribution in [0.1, 0.15) is 5.56 Å². The Morgan fingerprint density at radius 2 is 2.06 bits per heavy atom. The van der Waals surface area contributed by atoms with E-state index in [0.29, 0.717) is 17.3 Å². The molecule has 0 fully saturated rings. The van der Waals surface area contributed by atoms with Crippen molar-refractivity contribution in [2.75, 3.05) is 6.61 Å². The number of nitrogens with one attached hydrogen (secondary N) is 2. The van der Waals surface area contributed by atoms with Gasteiger partial charge in [0.25, 0.3) is 5.91 Å². The number of carbonyl (C=O) groups is 1. The molecule has 0 spiro atoms. The highest BCUT2D eigenvalue weighted by molar-refractivity contribution is 6.30. The van der Waals surface area contributed by atoms with E-state index in [1.54, 1.807) is 24.3 Å². The Bertz CT molecular complexity index is 494. The number of carbonyl (C=O) groups excluding carboxylic acids is 1. The van der Waals surface area contributed by atoms with Gasteiger partial charge in [0.2, 0.25) is 0 Å². The van der Waals surface area contributed by atoms with E-state index in [1.807, 2.05) is 18.5 Å². The molecular weight excluding hydrogens is 252 g/mol. The van der Waals surface area contributed by atoms with Crippen molar-refractivity contribution in [3.63, 3.8) is 0 Å². The van der Waals surface area contributed by atoms with Crippen molar-refractivity contribution in [2.24, 2.45) is 0 Å². The van der Waals surface area contributed by atoms with Crippen molar-refractivity contribution in [2.45, 2.75) is 6.54 Å². The zero-order valence-electron chi connectivity index (χ0n) is 9.65. The van der Waals surface area contributed by atoms with Crippen LogP contribution in [0.3, 0.4) is 0 Å². The number of aromatic nitrogens is 1. The molecule has 1 aromatic heterocycles. The van der Waals surface area contributed by atoms with Gasteiger partial charge in [-0.25, -0.2) is 0 Å². The van der Waals surface area contributed by atoms with Gasteiger partial charge >= 0.3 is 0 Å². The molecule has 2 aromatic rings. The average Bonchev–Trinajstić information content (AvgIpc) is 2.89. The lowest BCUT2D eigenvalue weighted by molar-refractivity contribution is -0.123. The second-order valence-corrected chi connectivity index (χ2v) is 4.18. The number of rotatable bonds is 5. The Balaban J connectivity index is 1.73. The molecule has 0 unspecified atom stereocenters. The van der Waals surface area contributed by atoms with Crippen molar-refractivity contribution in [3.8, 4) is 5.75 Å². The minimum absolute atomic E-state index is 0.00788. The van der Waals surface area contributed by atoms with E-state index in [4.69, 9.17) is 16.3 Å². The lowest BCUT2D eigenvalue weighted by Gasteiger charge is -2.06. The van der Waals surface area contributed by atoms with Gasteiger partial charge in [-0.2, -0.15) is 0 Å². The summed E-state index contributed by atoms with van der Waals surface area (Å²) in [6, 6.07) is 8.78. The smallest absolute Gasteiger partial charge is 0.258 e. The van der Waals surface area contributed by atoms with Crippen molar-refractivity contribution in [1.82, 2.24) is 10.3 Å². The van der Waals surface area contributed by atoms with E-state index in [2.05, 4.69) is 10.3 Å². The number of H-pyrrole nitrogens is 1. The SMILES string of the molecule is O=C(COc1ccc(Cl)cc1)NCc1cc[nH]c1. The predicted octanol–water partition coefficient (Wildman–Crippen LogP) is 2.36. The van der Waals surface area contributed by atoms with Gasteiger partial charge in [-0.3, -0.25) is 4.79 Å². The molecule has 0 aliphatic carbocycles. The molecule has 2 N–H and O–H groups in total. The van der Waals surface area contributed by atoms with Crippen LogP contribution in [0.25, 0.3) is 0 Å². The first kappa shape index (κ1) is 12.5. The molecule has 0 saturated heterocycles. The van der Waals surface area contributed by atoms with Crippen LogP contribution in [-0.4, -0.2) is 17.5 Å². The molecule has 0 bridgehead atoms. The van der Waals surface area contributed by atoms with E-state index in [1.165, 1.54) is 0 Å². The predicted molar refractivity (Wildman–Crippen MR) is 69.6 cm³/mol. The third-order valence-corrected chi connectivity index (χ3v) is 2.59. The Hall–Kier alpha value is -1.94. The standard InChI is InChI=1S/C13H13ClN2O2/c14-11-1-3-12(4-2-11)18-9-13(17)16-8-10-5-6-15-7-10/h1-7,15H,8-9H2,(H,16,17). The minimum Gasteiger partial charge on any atom is -0.484 e. The number of aromatic amines is 1. The van der Waals surface area contributed by atoms with Crippen LogP contribution in [0.15, 0.2) is 42.7 Å². The third kappa shape index (κ3) is 3.82. The number of halogens is 1. The van der Waals surface area contributed by atoms with Crippen molar-refractivity contribution >= 4 is 17.5 Å². The molecule has 1 heterocycles. The molecule has 2 rings (SSSR count). The van der Waals surface area contributed by atoms with E-state index >= 15 is 0 Å². The summed E-state index contributed by atoms with van der Waals surface area (Å²) in [5.74, 6) is 0.461. The molecule has 0 radical (unpaired) electrons. The fourth-order valence-corrected chi connectivity index (χ4v) is 1.53. The molecular formula is C13H13ClN2O2. The third-order valence-electron chi connectivity index (χ3n) is 2.34. The average molecular weight is 265 g/mol. The monoisotopic (exact) mass is 264 g/mol. The highest BCUT2D eigenvalue weighted by atomic mass is 35.5. The van der Waals surface area contributed by atoms with E-state index in [9.17, 15) is 4.79 Å². The van der Waals surface area contributed by atoms with Gasteiger partial charge < -0.3 is 15.0 Å². The fraction of sp³-hybridized carbons (Fsp3) is 0.154. The van der Waals surface area contributed by atoms with Crippen LogP contribution in [0.5, 0.6) is 5.75 Å². The molecule has 5 heteroatoms. The number of hydrogen-bond acceptors (Lipinski definition) is 2. The number of hydrogen-bond donors (Lipinski definition) is 2. The fourth-order valence-electron chi connectivity index (χ4n) is 1.40. The Labute approximate surface area is 110 Å². The second kappa shape index (κ2) is 6.12. The molecule has 0 aliphatic rings. The number of benzene rings is 1. The molecule has 94 valence electrons. The maximum Gasteiger partial charge on any atom is 0.258 e. The van der Waals surface area contributed by atoms with Crippen LogP contribution >= 0.6 is 11.6 Å². The summed E-state index contributed by atoms with van der Waals surface area (Å²) in [5, 5.41) is 3.39. The van der Waals surface area contributed by atoms with Crippen molar-refractivity contribution < 1.29 is 9.53 Å². The minimum atomic E-state index is -0.161. The Morgan fingerprint density at radius 3 is 2.72 bits per heavy atom. The summed E-state index contributed by atoms with van der Waals surface area (Å²) >= 11 is 5.74. The quantitative estimate of drug-likeness (QED) is 0.871. The maximum absolute atomic E-state index is 11.5. The number of ether oxygens (including phenoxy) is 1. The molecule has 1 amide bonds. The van der Waals surface area contributed by atoms with Gasteiger partial charge in [0.05, 0.1) is 0 Å². The van der Waals surface area contributed by atoms with E-state index < -0.39 is 0 Å². The van der Waals surface area contributed by atoms with Crippen LogP contribution in [0, 0.1) is 0 Å². The van der Waals surface area contributed by atoms with Crippen molar-refractivity contribution in [1.29, 1.82) is 0 Å². The largest absolute Gasteiger partial charge is 0.484 e. The van der Waals surface area contributed by atoms with Gasteiger partial charge in [0, 0.05) is 24.0 Å². The van der Waals surface area contributed by atoms with Gasteiger partial charge in [-0.15, -0.1) is 0 Å². The highest BCUT2D eigenvalue weighted by Gasteiger charge is 2.02. The van der Waals surface area contributed by atoms with Crippen LogP contribution in [0.4, 0.5) is 0 Å². The van der Waals surface area contributed by atoms with Crippen molar-refractivity contribution in [3.05, 3.63) is 53.3 Å². The highest BCUT2D eigenvalue weighted by Crippen LogP contribution is 2.15. The number of amides is 1. The van der Waals surface area contributed by atoms with Gasteiger partial charge in [0.15, 0.2) is 6.61 Å². The van der Waals surface area contributed by atoms with Gasteiger partial charge in [0.1, 0.15) is 5.75 Å². The van der Waals surface area contributed by atoms with Crippen LogP contribution in [0.2, 0.25) is 5.02 Å². The molecule has 0 aliphatic heterocycles. The second-order valence-electron chi connectivity index (χ2n) is 3.74. The molecule has 4 nitrogen and oxygen atoms in total. The Morgan fingerprint density at radius 1 is 1.28 bits per heavy atom. The van der Waals surface area contributed by atoms with Crippen LogP contribution in [-0.2, 0) is 11.3 Å². The summed E-state index contributed by atoms with van der Waals surface area (Å²) < 4.78 is 5.31. The summed E-state index contributed by atoms with van der Waals surface area (Å²) in [5.41, 5.74) is 1.02. The first-order valence-electron chi connectivity index (χ1n) is 5.51. The zero-order valence-corrected chi connectivity index (χ0v) is 10.4. The first-order valence-corrected chi connectivity index (χ1v) is 5.88. The molecule has 1 aromatic carbocycles. The normalized spacial score (nSPS) is 10.1. The molecule has 0 atom stereocenters. The van der Waals surface area contributed by atoms with E-state index in [0.717, 1.165) is 5.56 Å². The van der Waals surface area contributed by atoms with Gasteiger partial charge in [-0.1, -0.05) is 11.6 Å². The molecule has 0 saturated carbocycles. The topological polar surface area (TPSA) is 54.1 Å². The maximum atomic E-state index is 11.5. The lowest BCUT2D eigenvalue weighted by Crippen LogP contribution is -2.28. The summed E-state index contributed by atoms with van der Waals surface area (Å²) in [6.45, 7) is 0.484. The zero-order chi connectivity index (χ0) is 12.8. The first-order chi connectivity index (χ1) is 8.74. The van der Waals surface area contributed by atoms with E-state index in [-0.39, 0.29) is 12.5 Å². The summed E-state index contributed by atoms with van der Waals surface area (Å²) in [7, 11) is 0. The van der Waals surface area contributed by atoms with Gasteiger partial charge in [-0.05, 0) is 35.9 Å². The summed E-state index contributed by atoms with van der Waals surface area (Å²) in [4.78, 5) is 14.4. The lowest BCUT2D eigenvalue weighted by atomic mass is 10.3.